The Morgan fingerprint density at radius 2 is 1.62 bits per heavy atom. The lowest BCUT2D eigenvalue weighted by molar-refractivity contribution is -0.136. The highest BCUT2D eigenvalue weighted by molar-refractivity contribution is 7.89. The number of rotatable bonds is 6. The molecule has 0 amide bonds. The monoisotopic (exact) mass is 306 g/mol. The van der Waals surface area contributed by atoms with Gasteiger partial charge in [-0.15, -0.1) is 0 Å². The molecule has 1 aromatic carbocycles. The topological polar surface area (TPSA) is 96.4 Å². The predicted octanol–water partition coefficient (Wildman–Crippen LogP) is 1.50. The van der Waals surface area contributed by atoms with Crippen LogP contribution in [0, 0.1) is 0 Å². The van der Waals surface area contributed by atoms with Gasteiger partial charge in [-0.25, -0.2) is 13.1 Å². The van der Waals surface area contributed by atoms with Crippen LogP contribution in [0.5, 0.6) is 0 Å². The number of pyridine rings is 1. The molecule has 0 aliphatic carbocycles. The lowest BCUT2D eigenvalue weighted by Crippen LogP contribution is -2.26. The van der Waals surface area contributed by atoms with E-state index in [1.807, 2.05) is 12.1 Å². The number of carboxylic acid groups (broad SMARTS) is 1. The van der Waals surface area contributed by atoms with Crippen LogP contribution in [-0.4, -0.2) is 31.0 Å². The smallest absolute Gasteiger partial charge is 0.304 e. The van der Waals surface area contributed by atoms with Crippen molar-refractivity contribution in [3.8, 4) is 11.1 Å². The van der Waals surface area contributed by atoms with Crippen molar-refractivity contribution in [1.29, 1.82) is 0 Å². The standard InChI is InChI=1S/C14H14N2O4S/c17-14(18)7-10-16-21(19,20)13-3-1-11(2-4-13)12-5-8-15-9-6-12/h1-6,8-9,16H,7,10H2,(H,17,18). The Morgan fingerprint density at radius 1 is 1.05 bits per heavy atom. The molecule has 0 atom stereocenters. The average Bonchev–Trinajstić information content (AvgIpc) is 2.48. The lowest BCUT2D eigenvalue weighted by atomic mass is 10.1. The number of nitrogens with zero attached hydrogens (tertiary/aromatic N) is 1. The minimum atomic E-state index is -3.68. The predicted molar refractivity (Wildman–Crippen MR) is 77.1 cm³/mol. The van der Waals surface area contributed by atoms with Crippen LogP contribution < -0.4 is 4.72 Å². The third-order valence-corrected chi connectivity index (χ3v) is 4.29. The number of hydrogen-bond acceptors (Lipinski definition) is 4. The van der Waals surface area contributed by atoms with Gasteiger partial charge in [0.05, 0.1) is 11.3 Å². The number of sulfonamides is 1. The molecule has 2 rings (SSSR count). The van der Waals surface area contributed by atoms with E-state index in [0.29, 0.717) is 0 Å². The first kappa shape index (κ1) is 15.1. The van der Waals surface area contributed by atoms with E-state index >= 15 is 0 Å². The zero-order valence-electron chi connectivity index (χ0n) is 11.1. The molecule has 0 aliphatic rings. The van der Waals surface area contributed by atoms with Crippen LogP contribution in [0.25, 0.3) is 11.1 Å². The Balaban J connectivity index is 2.13. The maximum atomic E-state index is 11.9. The first-order valence-electron chi connectivity index (χ1n) is 6.21. The Hall–Kier alpha value is -2.25. The van der Waals surface area contributed by atoms with Gasteiger partial charge in [0.15, 0.2) is 0 Å². The highest BCUT2D eigenvalue weighted by atomic mass is 32.2. The van der Waals surface area contributed by atoms with E-state index in [0.717, 1.165) is 11.1 Å². The molecule has 7 heteroatoms. The summed E-state index contributed by atoms with van der Waals surface area (Å²) in [5.41, 5.74) is 1.81. The van der Waals surface area contributed by atoms with Gasteiger partial charge in [0.1, 0.15) is 0 Å². The number of aliphatic carboxylic acids is 1. The maximum absolute atomic E-state index is 11.9. The first-order valence-corrected chi connectivity index (χ1v) is 7.69. The zero-order valence-corrected chi connectivity index (χ0v) is 11.9. The van der Waals surface area contributed by atoms with Crippen LogP contribution in [0.3, 0.4) is 0 Å². The molecule has 6 nitrogen and oxygen atoms in total. The molecule has 0 aliphatic heterocycles. The van der Waals surface area contributed by atoms with E-state index in [-0.39, 0.29) is 17.9 Å². The number of aromatic nitrogens is 1. The Bertz CT molecular complexity index is 712. The molecule has 21 heavy (non-hydrogen) atoms. The number of benzene rings is 1. The van der Waals surface area contributed by atoms with Gasteiger partial charge >= 0.3 is 5.97 Å². The van der Waals surface area contributed by atoms with Crippen LogP contribution in [0.2, 0.25) is 0 Å². The number of nitrogens with one attached hydrogen (secondary N) is 1. The third-order valence-electron chi connectivity index (χ3n) is 2.81. The van der Waals surface area contributed by atoms with E-state index < -0.39 is 16.0 Å². The van der Waals surface area contributed by atoms with E-state index in [2.05, 4.69) is 9.71 Å². The van der Waals surface area contributed by atoms with Crippen molar-refractivity contribution < 1.29 is 18.3 Å². The van der Waals surface area contributed by atoms with Crippen molar-refractivity contribution >= 4 is 16.0 Å². The normalized spacial score (nSPS) is 11.2. The van der Waals surface area contributed by atoms with Crippen molar-refractivity contribution in [2.75, 3.05) is 6.54 Å². The van der Waals surface area contributed by atoms with E-state index in [1.165, 1.54) is 12.1 Å². The second-order valence-corrected chi connectivity index (χ2v) is 6.07. The molecule has 0 saturated heterocycles. The summed E-state index contributed by atoms with van der Waals surface area (Å²) in [6.07, 6.45) is 3.06. The van der Waals surface area contributed by atoms with Crippen molar-refractivity contribution in [3.63, 3.8) is 0 Å². The minimum Gasteiger partial charge on any atom is -0.481 e. The van der Waals surface area contributed by atoms with Gasteiger partial charge in [-0.05, 0) is 35.4 Å². The van der Waals surface area contributed by atoms with Gasteiger partial charge in [-0.1, -0.05) is 12.1 Å². The van der Waals surface area contributed by atoms with Crippen LogP contribution in [0.15, 0.2) is 53.7 Å². The molecule has 0 fully saturated rings. The summed E-state index contributed by atoms with van der Waals surface area (Å²) in [4.78, 5) is 14.4. The number of hydrogen-bond donors (Lipinski definition) is 2. The first-order chi connectivity index (χ1) is 9.99. The summed E-state index contributed by atoms with van der Waals surface area (Å²) >= 11 is 0. The van der Waals surface area contributed by atoms with Crippen molar-refractivity contribution in [1.82, 2.24) is 9.71 Å². The van der Waals surface area contributed by atoms with E-state index in [1.54, 1.807) is 24.5 Å². The molecular weight excluding hydrogens is 292 g/mol. The average molecular weight is 306 g/mol. The molecule has 1 heterocycles. The molecule has 0 saturated carbocycles. The minimum absolute atomic E-state index is 0.102. The molecular formula is C14H14N2O4S. The second-order valence-electron chi connectivity index (χ2n) is 4.30. The highest BCUT2D eigenvalue weighted by Gasteiger charge is 2.13. The molecule has 0 radical (unpaired) electrons. The quantitative estimate of drug-likeness (QED) is 0.843. The van der Waals surface area contributed by atoms with Gasteiger partial charge < -0.3 is 5.11 Å². The number of carboxylic acids is 1. The van der Waals surface area contributed by atoms with Crippen molar-refractivity contribution in [2.45, 2.75) is 11.3 Å². The Morgan fingerprint density at radius 3 is 2.19 bits per heavy atom. The van der Waals surface area contributed by atoms with Crippen LogP contribution >= 0.6 is 0 Å². The summed E-state index contributed by atoms with van der Waals surface area (Å²) in [6, 6.07) is 10.0. The summed E-state index contributed by atoms with van der Waals surface area (Å²) in [7, 11) is -3.68. The SMILES string of the molecule is O=C(O)CCNS(=O)(=O)c1ccc(-c2ccncc2)cc1. The fourth-order valence-corrected chi connectivity index (χ4v) is 2.78. The van der Waals surface area contributed by atoms with Crippen molar-refractivity contribution in [3.05, 3.63) is 48.8 Å². The molecule has 0 unspecified atom stereocenters. The van der Waals surface area contributed by atoms with Crippen LogP contribution in [0.4, 0.5) is 0 Å². The molecule has 2 N–H and O–H groups in total. The Kier molecular flexibility index (Phi) is 4.66. The van der Waals surface area contributed by atoms with Gasteiger partial charge in [0.25, 0.3) is 0 Å². The molecule has 2 aromatic rings. The molecule has 1 aromatic heterocycles. The molecule has 110 valence electrons. The molecule has 0 spiro atoms. The largest absolute Gasteiger partial charge is 0.481 e. The number of carbonyl (C=O) groups is 1. The highest BCUT2D eigenvalue weighted by Crippen LogP contribution is 2.20. The van der Waals surface area contributed by atoms with Crippen LogP contribution in [-0.2, 0) is 14.8 Å². The third kappa shape index (κ3) is 4.11. The summed E-state index contributed by atoms with van der Waals surface area (Å²) in [5, 5.41) is 8.50. The lowest BCUT2D eigenvalue weighted by Gasteiger charge is -2.07. The van der Waals surface area contributed by atoms with Gasteiger partial charge in [-0.3, -0.25) is 9.78 Å². The summed E-state index contributed by atoms with van der Waals surface area (Å²) in [6.45, 7) is -0.135. The second kappa shape index (κ2) is 6.47. The fraction of sp³-hybridized carbons (Fsp3) is 0.143. The summed E-state index contributed by atoms with van der Waals surface area (Å²) < 4.78 is 26.1. The van der Waals surface area contributed by atoms with E-state index in [4.69, 9.17) is 5.11 Å². The zero-order chi connectivity index (χ0) is 15.3. The van der Waals surface area contributed by atoms with Gasteiger partial charge in [0.2, 0.25) is 10.0 Å². The van der Waals surface area contributed by atoms with Gasteiger partial charge in [-0.2, -0.15) is 0 Å². The van der Waals surface area contributed by atoms with Crippen LogP contribution in [0.1, 0.15) is 6.42 Å². The van der Waals surface area contributed by atoms with Crippen molar-refractivity contribution in [2.24, 2.45) is 0 Å². The Labute approximate surface area is 122 Å². The maximum Gasteiger partial charge on any atom is 0.304 e. The molecule has 0 bridgehead atoms. The van der Waals surface area contributed by atoms with E-state index in [9.17, 15) is 13.2 Å². The summed E-state index contributed by atoms with van der Waals surface area (Å²) in [5.74, 6) is -1.05. The fourth-order valence-electron chi connectivity index (χ4n) is 1.75. The van der Waals surface area contributed by atoms with Gasteiger partial charge in [0, 0.05) is 18.9 Å².